The maximum atomic E-state index is 8.60. The van der Waals surface area contributed by atoms with Crippen LogP contribution in [-0.4, -0.2) is 24.5 Å². The molecule has 84 valence electrons. The Morgan fingerprint density at radius 1 is 1.40 bits per heavy atom. The van der Waals surface area contributed by atoms with E-state index in [9.17, 15) is 0 Å². The average molecular weight is 206 g/mol. The summed E-state index contributed by atoms with van der Waals surface area (Å²) in [6, 6.07) is 2.24. The van der Waals surface area contributed by atoms with Gasteiger partial charge in [-0.1, -0.05) is 19.1 Å². The zero-order chi connectivity index (χ0) is 10.9. The molecule has 0 aromatic heterocycles. The fraction of sp³-hybridized carbons (Fsp3) is 0.769. The minimum absolute atomic E-state index is 0.669. The SMILES string of the molecule is C[C@H]1CC/C=C/CCCN(CCC#N)C1. The molecule has 1 aliphatic heterocycles. The molecule has 2 nitrogen and oxygen atoms in total. The van der Waals surface area contributed by atoms with Gasteiger partial charge in [-0.15, -0.1) is 0 Å². The van der Waals surface area contributed by atoms with E-state index in [1.54, 1.807) is 0 Å². The Balaban J connectivity index is 2.39. The number of nitriles is 1. The molecule has 1 aliphatic rings. The van der Waals surface area contributed by atoms with Crippen molar-refractivity contribution < 1.29 is 0 Å². The predicted molar refractivity (Wildman–Crippen MR) is 63.4 cm³/mol. The van der Waals surface area contributed by atoms with Crippen LogP contribution in [0.25, 0.3) is 0 Å². The molecule has 0 saturated heterocycles. The molecule has 15 heavy (non-hydrogen) atoms. The van der Waals surface area contributed by atoms with Gasteiger partial charge >= 0.3 is 0 Å². The Morgan fingerprint density at radius 2 is 2.20 bits per heavy atom. The summed E-state index contributed by atoms with van der Waals surface area (Å²) >= 11 is 0. The lowest BCUT2D eigenvalue weighted by molar-refractivity contribution is 0.234. The van der Waals surface area contributed by atoms with Gasteiger partial charge in [0.2, 0.25) is 0 Å². The highest BCUT2D eigenvalue weighted by Crippen LogP contribution is 2.12. The van der Waals surface area contributed by atoms with Crippen molar-refractivity contribution in [1.82, 2.24) is 4.90 Å². The van der Waals surface area contributed by atoms with E-state index in [1.807, 2.05) is 0 Å². The van der Waals surface area contributed by atoms with E-state index in [2.05, 4.69) is 30.0 Å². The second kappa shape index (κ2) is 7.48. The van der Waals surface area contributed by atoms with E-state index < -0.39 is 0 Å². The highest BCUT2D eigenvalue weighted by molar-refractivity contribution is 4.84. The molecule has 0 aromatic carbocycles. The third-order valence-corrected chi connectivity index (χ3v) is 2.95. The second-order valence-electron chi connectivity index (χ2n) is 4.50. The Morgan fingerprint density at radius 3 is 3.00 bits per heavy atom. The molecule has 0 radical (unpaired) electrons. The second-order valence-corrected chi connectivity index (χ2v) is 4.50. The van der Waals surface area contributed by atoms with Crippen molar-refractivity contribution in [3.63, 3.8) is 0 Å². The first-order chi connectivity index (χ1) is 7.33. The fourth-order valence-corrected chi connectivity index (χ4v) is 2.08. The maximum absolute atomic E-state index is 8.60. The lowest BCUT2D eigenvalue weighted by Gasteiger charge is -2.25. The van der Waals surface area contributed by atoms with Gasteiger partial charge in [-0.2, -0.15) is 5.26 Å². The molecule has 0 aromatic rings. The Hall–Kier alpha value is -0.810. The minimum atomic E-state index is 0.669. The Kier molecular flexibility index (Phi) is 6.11. The Bertz CT molecular complexity index is 227. The van der Waals surface area contributed by atoms with Gasteiger partial charge in [0.1, 0.15) is 0 Å². The smallest absolute Gasteiger partial charge is 0.0635 e. The molecule has 1 atom stereocenters. The van der Waals surface area contributed by atoms with Crippen LogP contribution >= 0.6 is 0 Å². The van der Waals surface area contributed by atoms with Crippen LogP contribution in [0.1, 0.15) is 39.0 Å². The van der Waals surface area contributed by atoms with Crippen LogP contribution in [-0.2, 0) is 0 Å². The monoisotopic (exact) mass is 206 g/mol. The number of allylic oxidation sites excluding steroid dienone is 2. The molecule has 0 aliphatic carbocycles. The molecule has 0 N–H and O–H groups in total. The van der Waals surface area contributed by atoms with Crippen LogP contribution in [0.15, 0.2) is 12.2 Å². The lowest BCUT2D eigenvalue weighted by Crippen LogP contribution is -2.30. The summed E-state index contributed by atoms with van der Waals surface area (Å²) in [5, 5.41) is 8.60. The summed E-state index contributed by atoms with van der Waals surface area (Å²) in [7, 11) is 0. The lowest BCUT2D eigenvalue weighted by atomic mass is 10.0. The molecule has 2 heteroatoms. The first-order valence-electron chi connectivity index (χ1n) is 6.07. The van der Waals surface area contributed by atoms with Crippen LogP contribution in [0.2, 0.25) is 0 Å². The van der Waals surface area contributed by atoms with Crippen LogP contribution in [0, 0.1) is 17.2 Å². The van der Waals surface area contributed by atoms with Crippen LogP contribution < -0.4 is 0 Å². The molecular formula is C13H22N2. The standard InChI is InChI=1S/C13H22N2/c1-13-8-5-3-2-4-6-10-15(12-13)11-7-9-14/h2-3,13H,4-8,10-12H2,1H3/b3-2+/t13-/m0/s1. The highest BCUT2D eigenvalue weighted by Gasteiger charge is 2.10. The molecule has 0 bridgehead atoms. The van der Waals surface area contributed by atoms with Crippen molar-refractivity contribution in [3.8, 4) is 6.07 Å². The topological polar surface area (TPSA) is 27.0 Å². The summed E-state index contributed by atoms with van der Waals surface area (Å²) in [6.07, 6.45) is 10.2. The zero-order valence-corrected chi connectivity index (χ0v) is 9.78. The summed E-state index contributed by atoms with van der Waals surface area (Å²) < 4.78 is 0. The summed E-state index contributed by atoms with van der Waals surface area (Å²) in [6.45, 7) is 5.57. The van der Waals surface area contributed by atoms with Crippen LogP contribution in [0.5, 0.6) is 0 Å². The van der Waals surface area contributed by atoms with E-state index in [0.29, 0.717) is 6.42 Å². The van der Waals surface area contributed by atoms with E-state index in [4.69, 9.17) is 5.26 Å². The molecule has 0 amide bonds. The van der Waals surface area contributed by atoms with Gasteiger partial charge in [-0.3, -0.25) is 0 Å². The van der Waals surface area contributed by atoms with Crippen molar-refractivity contribution in [1.29, 1.82) is 5.26 Å². The van der Waals surface area contributed by atoms with Crippen molar-refractivity contribution in [2.24, 2.45) is 5.92 Å². The number of nitrogens with zero attached hydrogens (tertiary/aromatic N) is 2. The van der Waals surface area contributed by atoms with Gasteiger partial charge in [0, 0.05) is 19.5 Å². The molecule has 0 spiro atoms. The summed E-state index contributed by atoms with van der Waals surface area (Å²) in [5.74, 6) is 0.756. The van der Waals surface area contributed by atoms with Crippen molar-refractivity contribution in [3.05, 3.63) is 12.2 Å². The van der Waals surface area contributed by atoms with Crippen molar-refractivity contribution >= 4 is 0 Å². The van der Waals surface area contributed by atoms with E-state index in [1.165, 1.54) is 25.7 Å². The largest absolute Gasteiger partial charge is 0.302 e. The van der Waals surface area contributed by atoms with Gasteiger partial charge in [-0.05, 0) is 38.1 Å². The molecule has 0 saturated carbocycles. The molecular weight excluding hydrogens is 184 g/mol. The van der Waals surface area contributed by atoms with Crippen molar-refractivity contribution in [2.75, 3.05) is 19.6 Å². The number of rotatable bonds is 2. The van der Waals surface area contributed by atoms with Crippen molar-refractivity contribution in [2.45, 2.75) is 39.0 Å². The predicted octanol–water partition coefficient (Wildman–Crippen LogP) is 2.97. The molecule has 0 fully saturated rings. The zero-order valence-electron chi connectivity index (χ0n) is 9.78. The van der Waals surface area contributed by atoms with Gasteiger partial charge in [0.05, 0.1) is 6.07 Å². The average Bonchev–Trinajstić information content (AvgIpc) is 2.24. The first kappa shape index (κ1) is 12.3. The highest BCUT2D eigenvalue weighted by atomic mass is 15.1. The molecule has 1 heterocycles. The number of hydrogen-bond acceptors (Lipinski definition) is 2. The van der Waals surface area contributed by atoms with Gasteiger partial charge in [-0.25, -0.2) is 0 Å². The quantitative estimate of drug-likeness (QED) is 0.649. The molecule has 0 unspecified atom stereocenters. The third-order valence-electron chi connectivity index (χ3n) is 2.95. The van der Waals surface area contributed by atoms with Crippen LogP contribution in [0.3, 0.4) is 0 Å². The molecule has 1 rings (SSSR count). The normalized spacial score (nSPS) is 26.8. The number of hydrogen-bond donors (Lipinski definition) is 0. The summed E-state index contributed by atoms with van der Waals surface area (Å²) in [5.41, 5.74) is 0. The summed E-state index contributed by atoms with van der Waals surface area (Å²) in [4.78, 5) is 2.45. The van der Waals surface area contributed by atoms with Gasteiger partial charge in [0.15, 0.2) is 0 Å². The fourth-order valence-electron chi connectivity index (χ4n) is 2.08. The third kappa shape index (κ3) is 5.59. The maximum Gasteiger partial charge on any atom is 0.0635 e. The Labute approximate surface area is 93.6 Å². The first-order valence-corrected chi connectivity index (χ1v) is 6.07. The minimum Gasteiger partial charge on any atom is -0.302 e. The van der Waals surface area contributed by atoms with Crippen LogP contribution in [0.4, 0.5) is 0 Å². The van der Waals surface area contributed by atoms with E-state index >= 15 is 0 Å². The van der Waals surface area contributed by atoms with Gasteiger partial charge in [0.25, 0.3) is 0 Å². The van der Waals surface area contributed by atoms with Gasteiger partial charge < -0.3 is 4.90 Å². The van der Waals surface area contributed by atoms with E-state index in [-0.39, 0.29) is 0 Å². The van der Waals surface area contributed by atoms with E-state index in [0.717, 1.165) is 25.6 Å².